The Morgan fingerprint density at radius 3 is 2.26 bits per heavy atom. The standard InChI is InChI=1S/C13H19NO4S/c1-4-13(3,16)9-14-19(17,18)12-7-5-11(6-8-12)10(2)15/h5-8,14,16H,4,9H2,1-3H3. The van der Waals surface area contributed by atoms with Gasteiger partial charge in [-0.15, -0.1) is 0 Å². The summed E-state index contributed by atoms with van der Waals surface area (Å²) >= 11 is 0. The molecule has 5 nitrogen and oxygen atoms in total. The minimum Gasteiger partial charge on any atom is -0.389 e. The third-order valence-electron chi connectivity index (χ3n) is 2.98. The first-order valence-electron chi connectivity index (χ1n) is 6.01. The molecule has 0 aliphatic heterocycles. The third-order valence-corrected chi connectivity index (χ3v) is 4.39. The van der Waals surface area contributed by atoms with Crippen molar-refractivity contribution in [3.63, 3.8) is 0 Å². The van der Waals surface area contributed by atoms with Crippen LogP contribution in [0.25, 0.3) is 0 Å². The fourth-order valence-corrected chi connectivity index (χ4v) is 2.49. The van der Waals surface area contributed by atoms with Gasteiger partial charge in [0.15, 0.2) is 5.78 Å². The maximum Gasteiger partial charge on any atom is 0.240 e. The topological polar surface area (TPSA) is 83.5 Å². The van der Waals surface area contributed by atoms with Crippen molar-refractivity contribution in [1.29, 1.82) is 0 Å². The molecule has 1 atom stereocenters. The average Bonchev–Trinajstić information content (AvgIpc) is 2.37. The molecule has 0 aliphatic carbocycles. The molecule has 0 radical (unpaired) electrons. The largest absolute Gasteiger partial charge is 0.389 e. The van der Waals surface area contributed by atoms with Crippen LogP contribution in [-0.2, 0) is 10.0 Å². The van der Waals surface area contributed by atoms with Gasteiger partial charge in [0.2, 0.25) is 10.0 Å². The number of carbonyl (C=O) groups is 1. The summed E-state index contributed by atoms with van der Waals surface area (Å²) in [6.45, 7) is 4.70. The number of Topliss-reactive ketones (excluding diaryl/α,β-unsaturated/α-hetero) is 1. The molecule has 1 aromatic rings. The van der Waals surface area contributed by atoms with Gasteiger partial charge in [-0.25, -0.2) is 13.1 Å². The van der Waals surface area contributed by atoms with Crippen LogP contribution in [0.1, 0.15) is 37.6 Å². The lowest BCUT2D eigenvalue weighted by Gasteiger charge is -2.21. The molecule has 0 saturated heterocycles. The van der Waals surface area contributed by atoms with Crippen LogP contribution in [0.15, 0.2) is 29.2 Å². The van der Waals surface area contributed by atoms with E-state index in [4.69, 9.17) is 0 Å². The number of benzene rings is 1. The molecule has 0 aromatic heterocycles. The Kier molecular flexibility index (Phi) is 4.84. The van der Waals surface area contributed by atoms with E-state index >= 15 is 0 Å². The summed E-state index contributed by atoms with van der Waals surface area (Å²) in [5.41, 5.74) is -0.619. The normalized spacial score (nSPS) is 14.9. The smallest absolute Gasteiger partial charge is 0.240 e. The van der Waals surface area contributed by atoms with Crippen LogP contribution in [0.2, 0.25) is 0 Å². The molecule has 19 heavy (non-hydrogen) atoms. The molecule has 1 aromatic carbocycles. The number of rotatable bonds is 6. The first-order valence-corrected chi connectivity index (χ1v) is 7.49. The van der Waals surface area contributed by atoms with Gasteiger partial charge >= 0.3 is 0 Å². The summed E-state index contributed by atoms with van der Waals surface area (Å²) in [6.07, 6.45) is 0.443. The second-order valence-corrected chi connectivity index (χ2v) is 6.52. The van der Waals surface area contributed by atoms with Crippen LogP contribution < -0.4 is 4.72 Å². The second-order valence-electron chi connectivity index (χ2n) is 4.76. The van der Waals surface area contributed by atoms with E-state index in [2.05, 4.69) is 4.72 Å². The summed E-state index contributed by atoms with van der Waals surface area (Å²) in [7, 11) is -3.67. The first kappa shape index (κ1) is 15.8. The van der Waals surface area contributed by atoms with E-state index in [0.29, 0.717) is 12.0 Å². The van der Waals surface area contributed by atoms with Crippen LogP contribution in [0.5, 0.6) is 0 Å². The maximum atomic E-state index is 12.0. The van der Waals surface area contributed by atoms with Gasteiger partial charge < -0.3 is 5.11 Å². The van der Waals surface area contributed by atoms with Crippen LogP contribution in [-0.4, -0.2) is 31.5 Å². The monoisotopic (exact) mass is 285 g/mol. The van der Waals surface area contributed by atoms with Gasteiger partial charge in [-0.3, -0.25) is 4.79 Å². The molecule has 0 saturated carbocycles. The van der Waals surface area contributed by atoms with Crippen molar-refractivity contribution >= 4 is 15.8 Å². The van der Waals surface area contributed by atoms with Crippen LogP contribution in [0, 0.1) is 0 Å². The predicted molar refractivity (Wildman–Crippen MR) is 72.5 cm³/mol. The van der Waals surface area contributed by atoms with Crippen molar-refractivity contribution in [2.24, 2.45) is 0 Å². The minimum absolute atomic E-state index is 0.0553. The van der Waals surface area contributed by atoms with Gasteiger partial charge in [-0.2, -0.15) is 0 Å². The van der Waals surface area contributed by atoms with Crippen molar-refractivity contribution < 1.29 is 18.3 Å². The molecule has 0 heterocycles. The van der Waals surface area contributed by atoms with Crippen LogP contribution >= 0.6 is 0 Å². The minimum atomic E-state index is -3.67. The van der Waals surface area contributed by atoms with Gasteiger partial charge in [0.25, 0.3) is 0 Å². The molecule has 0 amide bonds. The Bertz CT molecular complexity index is 547. The van der Waals surface area contributed by atoms with Crippen LogP contribution in [0.3, 0.4) is 0 Å². The zero-order valence-corrected chi connectivity index (χ0v) is 12.1. The summed E-state index contributed by atoms with van der Waals surface area (Å²) in [4.78, 5) is 11.2. The zero-order valence-electron chi connectivity index (χ0n) is 11.3. The maximum absolute atomic E-state index is 12.0. The summed E-state index contributed by atoms with van der Waals surface area (Å²) in [6, 6.07) is 5.68. The van der Waals surface area contributed by atoms with E-state index < -0.39 is 15.6 Å². The zero-order chi connectivity index (χ0) is 14.7. The van der Waals surface area contributed by atoms with Crippen molar-refractivity contribution in [3.05, 3.63) is 29.8 Å². The van der Waals surface area contributed by atoms with Crippen molar-refractivity contribution in [3.8, 4) is 0 Å². The third kappa shape index (κ3) is 4.41. The Labute approximate surface area is 113 Å². The number of carbonyl (C=O) groups excluding carboxylic acids is 1. The van der Waals surface area contributed by atoms with Crippen LogP contribution in [0.4, 0.5) is 0 Å². The Hall–Kier alpha value is -1.24. The highest BCUT2D eigenvalue weighted by Gasteiger charge is 2.22. The number of ketones is 1. The quantitative estimate of drug-likeness (QED) is 0.772. The fraction of sp³-hybridized carbons (Fsp3) is 0.462. The lowest BCUT2D eigenvalue weighted by atomic mass is 10.1. The molecule has 0 aliphatic rings. The van der Waals surface area contributed by atoms with Gasteiger partial charge in [0, 0.05) is 12.1 Å². The van der Waals surface area contributed by atoms with Crippen molar-refractivity contribution in [2.45, 2.75) is 37.7 Å². The highest BCUT2D eigenvalue weighted by atomic mass is 32.2. The summed E-state index contributed by atoms with van der Waals surface area (Å²) < 4.78 is 26.3. The fourth-order valence-electron chi connectivity index (χ4n) is 1.33. The highest BCUT2D eigenvalue weighted by molar-refractivity contribution is 7.89. The van der Waals surface area contributed by atoms with E-state index in [1.54, 1.807) is 13.8 Å². The molecule has 0 spiro atoms. The van der Waals surface area contributed by atoms with Crippen molar-refractivity contribution in [1.82, 2.24) is 4.72 Å². The van der Waals surface area contributed by atoms with E-state index in [1.807, 2.05) is 0 Å². The number of hydrogen-bond acceptors (Lipinski definition) is 4. The Balaban J connectivity index is 2.86. The number of sulfonamides is 1. The molecular weight excluding hydrogens is 266 g/mol. The lowest BCUT2D eigenvalue weighted by molar-refractivity contribution is 0.0613. The second kappa shape index (κ2) is 5.81. The van der Waals surface area contributed by atoms with Gasteiger partial charge in [-0.1, -0.05) is 19.1 Å². The first-order chi connectivity index (χ1) is 8.68. The van der Waals surface area contributed by atoms with E-state index in [9.17, 15) is 18.3 Å². The Morgan fingerprint density at radius 1 is 1.32 bits per heavy atom. The SMILES string of the molecule is CCC(C)(O)CNS(=O)(=O)c1ccc(C(C)=O)cc1. The van der Waals surface area contributed by atoms with Gasteiger partial charge in [0.1, 0.15) is 0 Å². The molecule has 0 bridgehead atoms. The molecule has 0 fully saturated rings. The number of aliphatic hydroxyl groups is 1. The lowest BCUT2D eigenvalue weighted by Crippen LogP contribution is -2.40. The molecule has 1 unspecified atom stereocenters. The van der Waals surface area contributed by atoms with Gasteiger partial charge in [0.05, 0.1) is 10.5 Å². The predicted octanol–water partition coefficient (Wildman–Crippen LogP) is 1.33. The summed E-state index contributed by atoms with van der Waals surface area (Å²) in [5, 5.41) is 9.78. The van der Waals surface area contributed by atoms with E-state index in [-0.39, 0.29) is 17.2 Å². The molecule has 106 valence electrons. The van der Waals surface area contributed by atoms with Gasteiger partial charge in [-0.05, 0) is 32.4 Å². The Morgan fingerprint density at radius 2 is 1.84 bits per heavy atom. The molecule has 2 N–H and O–H groups in total. The number of hydrogen-bond donors (Lipinski definition) is 2. The molecule has 1 rings (SSSR count). The van der Waals surface area contributed by atoms with E-state index in [1.165, 1.54) is 31.2 Å². The van der Waals surface area contributed by atoms with Crippen molar-refractivity contribution in [2.75, 3.05) is 6.54 Å². The average molecular weight is 285 g/mol. The molecule has 6 heteroatoms. The number of nitrogens with one attached hydrogen (secondary N) is 1. The summed E-state index contributed by atoms with van der Waals surface area (Å²) in [5.74, 6) is -0.120. The molecular formula is C13H19NO4S. The van der Waals surface area contributed by atoms with E-state index in [0.717, 1.165) is 0 Å². The highest BCUT2D eigenvalue weighted by Crippen LogP contribution is 2.13.